The van der Waals surface area contributed by atoms with E-state index >= 15 is 0 Å². The molecule has 0 aromatic carbocycles. The Balaban J connectivity index is 0.000000518. The molecule has 22 heavy (non-hydrogen) atoms. The van der Waals surface area contributed by atoms with Crippen molar-refractivity contribution >= 4 is 0 Å². The summed E-state index contributed by atoms with van der Waals surface area (Å²) in [7, 11) is 0. The first-order valence-corrected chi connectivity index (χ1v) is 5.17. The Bertz CT molecular complexity index is 422. The van der Waals surface area contributed by atoms with Gasteiger partial charge in [-0.2, -0.15) is 35.1 Å². The Kier molecular flexibility index (Phi) is 6.72. The lowest BCUT2D eigenvalue weighted by atomic mass is 10.1. The molecule has 1 aromatic rings. The molecule has 1 heterocycles. The zero-order valence-electron chi connectivity index (χ0n) is 10.2. The number of halogens is 10. The molecule has 1 rings (SSSR count). The second kappa shape index (κ2) is 7.20. The highest BCUT2D eigenvalue weighted by molar-refractivity contribution is 4.95. The molecule has 1 N–H and O–H groups in total. The molecule has 0 spiro atoms. The maximum absolute atomic E-state index is 12.0. The Morgan fingerprint density at radius 3 is 1.68 bits per heavy atom. The zero-order valence-corrected chi connectivity index (χ0v) is 10.2. The smallest absolute Gasteiger partial charge is 0.456 e. The maximum Gasteiger partial charge on any atom is 0.456 e. The predicted octanol–water partition coefficient (Wildman–Crippen LogP) is 4.19. The van der Waals surface area contributed by atoms with Gasteiger partial charge in [0.25, 0.3) is 0 Å². The molecule has 0 amide bonds. The Morgan fingerprint density at radius 2 is 1.45 bits per heavy atom. The second-order valence-electron chi connectivity index (χ2n) is 3.70. The third-order valence-electron chi connectivity index (χ3n) is 2.03. The average Bonchev–Trinajstić information content (AvgIpc) is 2.88. The largest absolute Gasteiger partial charge is 0.467 e. The van der Waals surface area contributed by atoms with Crippen molar-refractivity contribution in [2.45, 2.75) is 37.2 Å². The molecule has 2 atom stereocenters. The van der Waals surface area contributed by atoms with Gasteiger partial charge in [0.15, 0.2) is 0 Å². The normalized spacial score (nSPS) is 15.8. The molecule has 0 aliphatic rings. The van der Waals surface area contributed by atoms with E-state index in [1.807, 2.05) is 0 Å². The Morgan fingerprint density at radius 1 is 0.955 bits per heavy atom. The SMILES string of the molecule is FC(C(F)C(F)(F)C(F)(F)F)C(F)(F)F.OCc1ccco1. The number of hydrogen-bond acceptors (Lipinski definition) is 2. The predicted molar refractivity (Wildman–Crippen MR) is 51.5 cm³/mol. The first kappa shape index (κ1) is 20.5. The number of hydrogen-bond donors (Lipinski definition) is 1. The van der Waals surface area contributed by atoms with Crippen LogP contribution in [0.5, 0.6) is 0 Å². The van der Waals surface area contributed by atoms with Crippen molar-refractivity contribution in [1.82, 2.24) is 0 Å². The van der Waals surface area contributed by atoms with Crippen LogP contribution in [0, 0.1) is 0 Å². The molecule has 0 radical (unpaired) electrons. The van der Waals surface area contributed by atoms with Crippen LogP contribution in [0.15, 0.2) is 22.8 Å². The van der Waals surface area contributed by atoms with Crippen LogP contribution in [0.2, 0.25) is 0 Å². The summed E-state index contributed by atoms with van der Waals surface area (Å²) in [4.78, 5) is 0. The van der Waals surface area contributed by atoms with Gasteiger partial charge in [-0.15, -0.1) is 0 Å². The van der Waals surface area contributed by atoms with Crippen LogP contribution in [0.1, 0.15) is 5.76 Å². The molecule has 2 nitrogen and oxygen atoms in total. The first-order valence-electron chi connectivity index (χ1n) is 5.17. The molecule has 0 fully saturated rings. The van der Waals surface area contributed by atoms with Gasteiger partial charge < -0.3 is 9.52 Å². The lowest BCUT2D eigenvalue weighted by Gasteiger charge is -2.26. The minimum atomic E-state index is -6.58. The standard InChI is InChI=1S/C5H2F10.C5H6O2/c6-1(2(7)4(10,11)12)3(8,9)5(13,14)15;6-4-5-2-1-3-7-5/h1-2H;1-3,6H,4H2. The van der Waals surface area contributed by atoms with Gasteiger partial charge in [0.2, 0.25) is 12.3 Å². The highest BCUT2D eigenvalue weighted by Gasteiger charge is 2.69. The third-order valence-corrected chi connectivity index (χ3v) is 2.03. The molecule has 0 aliphatic carbocycles. The second-order valence-corrected chi connectivity index (χ2v) is 3.70. The molecular weight excluding hydrogens is 342 g/mol. The molecule has 0 saturated carbocycles. The van der Waals surface area contributed by atoms with Crippen LogP contribution in [-0.2, 0) is 6.61 Å². The molecule has 12 heteroatoms. The molecule has 130 valence electrons. The first-order chi connectivity index (χ1) is 9.75. The topological polar surface area (TPSA) is 33.4 Å². The van der Waals surface area contributed by atoms with Gasteiger partial charge in [-0.25, -0.2) is 8.78 Å². The summed E-state index contributed by atoms with van der Waals surface area (Å²) in [5.74, 6) is -5.78. The van der Waals surface area contributed by atoms with Gasteiger partial charge in [-0.05, 0) is 12.1 Å². The molecule has 2 unspecified atom stereocenters. The average molecular weight is 350 g/mol. The Labute approximate surface area is 116 Å². The van der Waals surface area contributed by atoms with E-state index in [2.05, 4.69) is 0 Å². The van der Waals surface area contributed by atoms with Crippen LogP contribution in [0.4, 0.5) is 43.9 Å². The summed E-state index contributed by atoms with van der Waals surface area (Å²) >= 11 is 0. The highest BCUT2D eigenvalue weighted by atomic mass is 19.4. The van der Waals surface area contributed by atoms with E-state index in [0.717, 1.165) is 0 Å². The molecule has 0 aliphatic heterocycles. The van der Waals surface area contributed by atoms with E-state index in [4.69, 9.17) is 9.52 Å². The van der Waals surface area contributed by atoms with Gasteiger partial charge in [-0.1, -0.05) is 0 Å². The minimum Gasteiger partial charge on any atom is -0.467 e. The van der Waals surface area contributed by atoms with Crippen molar-refractivity contribution in [2.75, 3.05) is 0 Å². The lowest BCUT2D eigenvalue weighted by Crippen LogP contribution is -2.52. The molecular formula is C10H8F10O2. The number of alkyl halides is 10. The van der Waals surface area contributed by atoms with Crippen LogP contribution >= 0.6 is 0 Å². The van der Waals surface area contributed by atoms with Gasteiger partial charge in [0, 0.05) is 0 Å². The lowest BCUT2D eigenvalue weighted by molar-refractivity contribution is -0.324. The highest BCUT2D eigenvalue weighted by Crippen LogP contribution is 2.43. The maximum atomic E-state index is 12.0. The van der Waals surface area contributed by atoms with E-state index < -0.39 is 30.6 Å². The fraction of sp³-hybridized carbons (Fsp3) is 0.600. The van der Waals surface area contributed by atoms with E-state index in [9.17, 15) is 43.9 Å². The monoisotopic (exact) mass is 350 g/mol. The summed E-state index contributed by atoms with van der Waals surface area (Å²) in [5, 5.41) is 8.33. The van der Waals surface area contributed by atoms with Gasteiger partial charge in [0.1, 0.15) is 12.4 Å². The fourth-order valence-electron chi connectivity index (χ4n) is 0.909. The number of aliphatic hydroxyl groups excluding tert-OH is 1. The van der Waals surface area contributed by atoms with Gasteiger partial charge in [-0.3, -0.25) is 0 Å². The van der Waals surface area contributed by atoms with E-state index in [1.54, 1.807) is 12.1 Å². The molecule has 1 aromatic heterocycles. The van der Waals surface area contributed by atoms with E-state index in [-0.39, 0.29) is 6.61 Å². The number of rotatable bonds is 3. The molecule has 0 bridgehead atoms. The fourth-order valence-corrected chi connectivity index (χ4v) is 0.909. The summed E-state index contributed by atoms with van der Waals surface area (Å²) < 4.78 is 120. The van der Waals surface area contributed by atoms with Crippen LogP contribution in [0.25, 0.3) is 0 Å². The number of aliphatic hydroxyl groups is 1. The van der Waals surface area contributed by atoms with Crippen LogP contribution in [-0.4, -0.2) is 35.7 Å². The quantitative estimate of drug-likeness (QED) is 0.830. The Hall–Kier alpha value is -1.46. The minimum absolute atomic E-state index is 0.00694. The van der Waals surface area contributed by atoms with Crippen LogP contribution < -0.4 is 0 Å². The van der Waals surface area contributed by atoms with Crippen molar-refractivity contribution < 1.29 is 53.4 Å². The van der Waals surface area contributed by atoms with E-state index in [0.29, 0.717) is 5.76 Å². The van der Waals surface area contributed by atoms with Crippen molar-refractivity contribution in [3.8, 4) is 0 Å². The van der Waals surface area contributed by atoms with Crippen molar-refractivity contribution in [3.05, 3.63) is 24.2 Å². The summed E-state index contributed by atoms with van der Waals surface area (Å²) in [6.07, 6.45) is -21.1. The third kappa shape index (κ3) is 5.39. The van der Waals surface area contributed by atoms with Gasteiger partial charge >= 0.3 is 18.3 Å². The van der Waals surface area contributed by atoms with Crippen molar-refractivity contribution in [3.63, 3.8) is 0 Å². The molecule has 0 saturated heterocycles. The summed E-state index contributed by atoms with van der Waals surface area (Å²) in [5.41, 5.74) is 0. The zero-order chi connectivity index (χ0) is 17.8. The van der Waals surface area contributed by atoms with Crippen LogP contribution in [0.3, 0.4) is 0 Å². The van der Waals surface area contributed by atoms with Crippen molar-refractivity contribution in [2.24, 2.45) is 0 Å². The van der Waals surface area contributed by atoms with E-state index in [1.165, 1.54) is 6.26 Å². The van der Waals surface area contributed by atoms with Crippen molar-refractivity contribution in [1.29, 1.82) is 0 Å². The van der Waals surface area contributed by atoms with Gasteiger partial charge in [0.05, 0.1) is 6.26 Å². The number of furan rings is 1. The summed E-state index contributed by atoms with van der Waals surface area (Å²) in [6.45, 7) is -0.00694. The summed E-state index contributed by atoms with van der Waals surface area (Å²) in [6, 6.07) is 3.46.